The highest BCUT2D eigenvalue weighted by molar-refractivity contribution is 7.09. The molecule has 13 nitrogen and oxygen atoms in total. The summed E-state index contributed by atoms with van der Waals surface area (Å²) in [5.74, 6) is -3.81. The van der Waals surface area contributed by atoms with E-state index in [9.17, 15) is 28.8 Å². The molecule has 5 amide bonds. The SMILES string of the molecule is O=C(O)CCNC(=O)[C@@H]1Cc2ccc(cc2)OCC(=O)N[C@@H](Cc2cccs2)C(=O)N[C@H](Cc2ccc(-c3ccccc3)cc2)C(=O)N[C@@H](CCc2ccccc2)C(=O)N1. The summed E-state index contributed by atoms with van der Waals surface area (Å²) in [5.41, 5.74) is 4.25. The zero-order chi connectivity index (χ0) is 42.3. The summed E-state index contributed by atoms with van der Waals surface area (Å²) < 4.78 is 5.75. The van der Waals surface area contributed by atoms with Crippen LogP contribution in [0.5, 0.6) is 5.75 Å². The molecule has 2 aliphatic rings. The second kappa shape index (κ2) is 21.3. The van der Waals surface area contributed by atoms with E-state index >= 15 is 0 Å². The van der Waals surface area contributed by atoms with Crippen LogP contribution in [0.4, 0.5) is 0 Å². The predicted octanol–water partition coefficient (Wildman–Crippen LogP) is 4.00. The molecule has 0 radical (unpaired) electrons. The first-order valence-corrected chi connectivity index (χ1v) is 20.6. The molecule has 1 aromatic heterocycles. The van der Waals surface area contributed by atoms with Gasteiger partial charge in [0.05, 0.1) is 6.42 Å². The Morgan fingerprint density at radius 2 is 1.30 bits per heavy atom. The Balaban J connectivity index is 1.33. The fourth-order valence-electron chi connectivity index (χ4n) is 6.76. The highest BCUT2D eigenvalue weighted by atomic mass is 32.1. The van der Waals surface area contributed by atoms with E-state index in [2.05, 4.69) is 26.6 Å². The van der Waals surface area contributed by atoms with Gasteiger partial charge in [-0.1, -0.05) is 103 Å². The standard InChI is InChI=1S/C46H47N5O8S/c52-41-29-59-35-20-15-32(16-21-35)26-38(43(55)47-24-23-42(53)54)50-44(56)37(22-17-30-8-3-1-4-9-30)49-45(57)39(51-46(58)40(48-41)28-36-12-7-25-60-36)27-31-13-18-34(19-14-31)33-10-5-2-6-11-33/h1-16,18-21,25,37-40H,17,22-24,26-29H2,(H,47,55)(H,48,52)(H,49,57)(H,50,56)(H,51,58)(H,53,54)/t37-,38-,39+,40-/m0/s1. The number of benzene rings is 4. The Labute approximate surface area is 351 Å². The van der Waals surface area contributed by atoms with Gasteiger partial charge in [-0.2, -0.15) is 0 Å². The number of carboxylic acids is 1. The number of aryl methyl sites for hydroxylation is 1. The maximum absolute atomic E-state index is 14.5. The van der Waals surface area contributed by atoms with Crippen molar-refractivity contribution < 1.29 is 38.6 Å². The molecule has 0 aliphatic carbocycles. The molecule has 0 unspecified atom stereocenters. The van der Waals surface area contributed by atoms with Gasteiger partial charge in [0.15, 0.2) is 6.61 Å². The molecular weight excluding hydrogens is 783 g/mol. The Bertz CT molecular complexity index is 2220. The topological polar surface area (TPSA) is 192 Å². The van der Waals surface area contributed by atoms with Crippen molar-refractivity contribution in [2.45, 2.75) is 62.7 Å². The van der Waals surface area contributed by atoms with Crippen LogP contribution in [0.15, 0.2) is 127 Å². The molecule has 0 spiro atoms. The summed E-state index contributed by atoms with van der Waals surface area (Å²) in [6.45, 7) is -0.566. The molecule has 0 fully saturated rings. The first-order chi connectivity index (χ1) is 29.1. The fraction of sp³-hybridized carbons (Fsp3) is 0.261. The van der Waals surface area contributed by atoms with Gasteiger partial charge in [-0.25, -0.2) is 0 Å². The van der Waals surface area contributed by atoms with Gasteiger partial charge in [0.2, 0.25) is 23.6 Å². The van der Waals surface area contributed by atoms with Crippen LogP contribution in [-0.4, -0.2) is 77.9 Å². The Kier molecular flexibility index (Phi) is 15.2. The molecule has 4 atom stereocenters. The van der Waals surface area contributed by atoms with Gasteiger partial charge in [-0.05, 0) is 64.2 Å². The van der Waals surface area contributed by atoms with Gasteiger partial charge in [0.25, 0.3) is 5.91 Å². The smallest absolute Gasteiger partial charge is 0.305 e. The van der Waals surface area contributed by atoms with E-state index in [-0.39, 0.29) is 38.6 Å². The van der Waals surface area contributed by atoms with Crippen LogP contribution < -0.4 is 31.3 Å². The Morgan fingerprint density at radius 3 is 1.97 bits per heavy atom. The first kappa shape index (κ1) is 42.8. The quantitative estimate of drug-likeness (QED) is 0.102. The fourth-order valence-corrected chi connectivity index (χ4v) is 7.51. The number of nitrogens with one attached hydrogen (secondary N) is 5. The lowest BCUT2D eigenvalue weighted by molar-refractivity contribution is -0.137. The van der Waals surface area contributed by atoms with Crippen molar-refractivity contribution in [3.05, 3.63) is 148 Å². The minimum absolute atomic E-state index is 0.0207. The Hall–Kier alpha value is -6.80. The van der Waals surface area contributed by atoms with Crippen LogP contribution in [0.1, 0.15) is 34.4 Å². The molecular formula is C46H47N5O8S. The molecule has 2 aliphatic heterocycles. The third-order valence-electron chi connectivity index (χ3n) is 9.97. The minimum Gasteiger partial charge on any atom is -0.484 e. The first-order valence-electron chi connectivity index (χ1n) is 19.7. The number of thiophene rings is 1. The van der Waals surface area contributed by atoms with Crippen molar-refractivity contribution in [2.75, 3.05) is 13.2 Å². The van der Waals surface area contributed by atoms with Crippen molar-refractivity contribution in [1.82, 2.24) is 26.6 Å². The molecule has 4 aromatic carbocycles. The van der Waals surface area contributed by atoms with Gasteiger partial charge in [-0.15, -0.1) is 11.3 Å². The lowest BCUT2D eigenvalue weighted by Crippen LogP contribution is -2.59. The second-order valence-electron chi connectivity index (χ2n) is 14.4. The van der Waals surface area contributed by atoms with Crippen LogP contribution in [0.3, 0.4) is 0 Å². The van der Waals surface area contributed by atoms with Gasteiger partial charge in [0, 0.05) is 30.7 Å². The number of rotatable bonds is 12. The van der Waals surface area contributed by atoms with E-state index in [0.717, 1.165) is 27.1 Å². The van der Waals surface area contributed by atoms with Gasteiger partial charge < -0.3 is 36.4 Å². The number of aliphatic carboxylic acids is 1. The number of carbonyl (C=O) groups is 6. The van der Waals surface area contributed by atoms with Crippen molar-refractivity contribution >= 4 is 46.8 Å². The number of ether oxygens (including phenoxy) is 1. The van der Waals surface area contributed by atoms with Crippen LogP contribution >= 0.6 is 11.3 Å². The monoisotopic (exact) mass is 829 g/mol. The zero-order valence-electron chi connectivity index (χ0n) is 32.8. The van der Waals surface area contributed by atoms with Crippen LogP contribution in [0, 0.1) is 0 Å². The normalized spacial score (nSPS) is 18.9. The largest absolute Gasteiger partial charge is 0.484 e. The van der Waals surface area contributed by atoms with Crippen molar-refractivity contribution in [2.24, 2.45) is 0 Å². The van der Waals surface area contributed by atoms with Crippen molar-refractivity contribution in [1.29, 1.82) is 0 Å². The highest BCUT2D eigenvalue weighted by Gasteiger charge is 2.32. The van der Waals surface area contributed by atoms with Gasteiger partial charge in [0.1, 0.15) is 29.9 Å². The lowest BCUT2D eigenvalue weighted by atomic mass is 9.99. The summed E-state index contributed by atoms with van der Waals surface area (Å²) in [7, 11) is 0. The number of carboxylic acid groups (broad SMARTS) is 1. The van der Waals surface area contributed by atoms with E-state index in [1.807, 2.05) is 102 Å². The second-order valence-corrected chi connectivity index (χ2v) is 15.5. The van der Waals surface area contributed by atoms with Gasteiger partial charge >= 0.3 is 5.97 Å². The highest BCUT2D eigenvalue weighted by Crippen LogP contribution is 2.21. The van der Waals surface area contributed by atoms with Crippen LogP contribution in [0.2, 0.25) is 0 Å². The number of amides is 5. The third kappa shape index (κ3) is 12.9. The van der Waals surface area contributed by atoms with Crippen molar-refractivity contribution in [3.8, 4) is 16.9 Å². The molecule has 2 bridgehead atoms. The molecule has 7 rings (SSSR count). The van der Waals surface area contributed by atoms with Crippen molar-refractivity contribution in [3.63, 3.8) is 0 Å². The molecule has 6 N–H and O–H groups in total. The van der Waals surface area contributed by atoms with E-state index in [1.54, 1.807) is 24.3 Å². The maximum atomic E-state index is 14.5. The molecule has 3 heterocycles. The summed E-state index contributed by atoms with van der Waals surface area (Å²) in [5, 5.41) is 25.0. The maximum Gasteiger partial charge on any atom is 0.305 e. The van der Waals surface area contributed by atoms with E-state index in [0.29, 0.717) is 17.7 Å². The van der Waals surface area contributed by atoms with E-state index in [1.165, 1.54) is 11.3 Å². The Morgan fingerprint density at radius 1 is 0.667 bits per heavy atom. The zero-order valence-corrected chi connectivity index (χ0v) is 33.6. The van der Waals surface area contributed by atoms with E-state index in [4.69, 9.17) is 9.84 Å². The number of fused-ring (bicyclic) bond motifs is 16. The molecule has 14 heteroatoms. The number of hydrogen-bond donors (Lipinski definition) is 6. The summed E-state index contributed by atoms with van der Waals surface area (Å²) in [6, 6.07) is 32.5. The van der Waals surface area contributed by atoms with E-state index < -0.39 is 66.3 Å². The summed E-state index contributed by atoms with van der Waals surface area (Å²) >= 11 is 1.42. The molecule has 5 aromatic rings. The summed E-state index contributed by atoms with van der Waals surface area (Å²) in [4.78, 5) is 81.8. The number of carbonyl (C=O) groups excluding carboxylic acids is 5. The van der Waals surface area contributed by atoms with Crippen LogP contribution in [-0.2, 0) is 54.5 Å². The minimum atomic E-state index is -1.20. The lowest BCUT2D eigenvalue weighted by Gasteiger charge is -2.27. The molecule has 60 heavy (non-hydrogen) atoms. The molecule has 310 valence electrons. The average Bonchev–Trinajstić information content (AvgIpc) is 3.77. The predicted molar refractivity (Wildman–Crippen MR) is 227 cm³/mol. The number of hydrogen-bond acceptors (Lipinski definition) is 8. The third-order valence-corrected chi connectivity index (χ3v) is 10.9. The molecule has 0 saturated carbocycles. The molecule has 0 saturated heterocycles. The van der Waals surface area contributed by atoms with Crippen LogP contribution in [0.25, 0.3) is 11.1 Å². The summed E-state index contributed by atoms with van der Waals surface area (Å²) in [6.07, 6.45) is 0.436. The van der Waals surface area contributed by atoms with Gasteiger partial charge in [-0.3, -0.25) is 28.8 Å². The average molecular weight is 830 g/mol.